The maximum Gasteiger partial charge on any atom is 0.317 e. The zero-order valence-corrected chi connectivity index (χ0v) is 14.7. The SMILES string of the molecule is CCOc1ccc(CNC(=O)N(C)Cc2cccc(OC)c2)cc1F. The Morgan fingerprint density at radius 3 is 2.68 bits per heavy atom. The van der Waals surface area contributed by atoms with E-state index in [1.807, 2.05) is 24.3 Å². The van der Waals surface area contributed by atoms with Crippen LogP contribution < -0.4 is 14.8 Å². The number of hydrogen-bond donors (Lipinski definition) is 1. The van der Waals surface area contributed by atoms with Gasteiger partial charge in [-0.25, -0.2) is 9.18 Å². The number of nitrogens with zero attached hydrogens (tertiary/aromatic N) is 1. The van der Waals surface area contributed by atoms with Gasteiger partial charge in [0.15, 0.2) is 11.6 Å². The molecule has 0 radical (unpaired) electrons. The van der Waals surface area contributed by atoms with E-state index in [9.17, 15) is 9.18 Å². The highest BCUT2D eigenvalue weighted by atomic mass is 19.1. The predicted molar refractivity (Wildman–Crippen MR) is 94.3 cm³/mol. The van der Waals surface area contributed by atoms with Crippen LogP contribution in [-0.2, 0) is 13.1 Å². The van der Waals surface area contributed by atoms with Crippen molar-refractivity contribution in [3.8, 4) is 11.5 Å². The first-order chi connectivity index (χ1) is 12.0. The maximum atomic E-state index is 13.8. The topological polar surface area (TPSA) is 50.8 Å². The molecule has 134 valence electrons. The van der Waals surface area contributed by atoms with E-state index in [0.717, 1.165) is 11.3 Å². The van der Waals surface area contributed by atoms with Gasteiger partial charge in [0.25, 0.3) is 0 Å². The molecule has 6 heteroatoms. The van der Waals surface area contributed by atoms with E-state index in [-0.39, 0.29) is 18.3 Å². The van der Waals surface area contributed by atoms with Crippen LogP contribution in [0.2, 0.25) is 0 Å². The van der Waals surface area contributed by atoms with Crippen molar-refractivity contribution >= 4 is 6.03 Å². The zero-order chi connectivity index (χ0) is 18.2. The highest BCUT2D eigenvalue weighted by Crippen LogP contribution is 2.18. The summed E-state index contributed by atoms with van der Waals surface area (Å²) in [6, 6.07) is 12.0. The van der Waals surface area contributed by atoms with Gasteiger partial charge in [-0.15, -0.1) is 0 Å². The van der Waals surface area contributed by atoms with Crippen LogP contribution in [0.1, 0.15) is 18.1 Å². The number of benzene rings is 2. The summed E-state index contributed by atoms with van der Waals surface area (Å²) in [5.74, 6) is 0.530. The third-order valence-electron chi connectivity index (χ3n) is 3.64. The lowest BCUT2D eigenvalue weighted by Crippen LogP contribution is -2.36. The summed E-state index contributed by atoms with van der Waals surface area (Å²) in [6.45, 7) is 2.89. The van der Waals surface area contributed by atoms with Gasteiger partial charge in [-0.2, -0.15) is 0 Å². The first-order valence-electron chi connectivity index (χ1n) is 8.06. The van der Waals surface area contributed by atoms with E-state index in [4.69, 9.17) is 9.47 Å². The Labute approximate surface area is 147 Å². The lowest BCUT2D eigenvalue weighted by Gasteiger charge is -2.18. The van der Waals surface area contributed by atoms with Crippen molar-refractivity contribution in [1.29, 1.82) is 0 Å². The summed E-state index contributed by atoms with van der Waals surface area (Å²) in [5.41, 5.74) is 1.63. The molecule has 2 rings (SSSR count). The van der Waals surface area contributed by atoms with Crippen LogP contribution in [-0.4, -0.2) is 31.7 Å². The Morgan fingerprint density at radius 1 is 1.20 bits per heavy atom. The minimum atomic E-state index is -0.432. The number of amides is 2. The molecule has 5 nitrogen and oxygen atoms in total. The average Bonchev–Trinajstić information content (AvgIpc) is 2.62. The molecule has 0 saturated heterocycles. The molecular formula is C19H23FN2O3. The van der Waals surface area contributed by atoms with Crippen LogP contribution in [0.4, 0.5) is 9.18 Å². The molecule has 25 heavy (non-hydrogen) atoms. The first kappa shape index (κ1) is 18.6. The maximum absolute atomic E-state index is 13.8. The Kier molecular flexibility index (Phi) is 6.62. The predicted octanol–water partition coefficient (Wildman–Crippen LogP) is 3.57. The van der Waals surface area contributed by atoms with Crippen LogP contribution in [0.5, 0.6) is 11.5 Å². The number of nitrogens with one attached hydrogen (secondary N) is 1. The van der Waals surface area contributed by atoms with Gasteiger partial charge in [0.2, 0.25) is 0 Å². The second-order valence-electron chi connectivity index (χ2n) is 5.56. The Morgan fingerprint density at radius 2 is 2.00 bits per heavy atom. The molecule has 2 aromatic rings. The lowest BCUT2D eigenvalue weighted by atomic mass is 10.2. The minimum absolute atomic E-state index is 0.215. The third-order valence-corrected chi connectivity index (χ3v) is 3.64. The van der Waals surface area contributed by atoms with Crippen LogP contribution in [0.25, 0.3) is 0 Å². The number of carbonyl (C=O) groups excluding carboxylic acids is 1. The van der Waals surface area contributed by atoms with Gasteiger partial charge >= 0.3 is 6.03 Å². The standard InChI is InChI=1S/C19H23FN2O3/c1-4-25-18-9-8-14(11-17(18)20)12-21-19(23)22(2)13-15-6-5-7-16(10-15)24-3/h5-11H,4,12-13H2,1-3H3,(H,21,23). The smallest absolute Gasteiger partial charge is 0.317 e. The van der Waals surface area contributed by atoms with E-state index in [1.54, 1.807) is 38.1 Å². The quantitative estimate of drug-likeness (QED) is 0.834. The lowest BCUT2D eigenvalue weighted by molar-refractivity contribution is 0.206. The molecule has 0 aliphatic heterocycles. The molecule has 2 amide bonds. The van der Waals surface area contributed by atoms with Crippen LogP contribution in [0, 0.1) is 5.82 Å². The number of rotatable bonds is 7. The Bertz CT molecular complexity index is 722. The van der Waals surface area contributed by atoms with E-state index in [1.165, 1.54) is 6.07 Å². The summed E-state index contributed by atoms with van der Waals surface area (Å²) in [7, 11) is 3.30. The largest absolute Gasteiger partial charge is 0.497 e. The number of ether oxygens (including phenoxy) is 2. The highest BCUT2D eigenvalue weighted by molar-refractivity contribution is 5.73. The summed E-state index contributed by atoms with van der Waals surface area (Å²) in [4.78, 5) is 13.7. The number of urea groups is 1. The summed E-state index contributed by atoms with van der Waals surface area (Å²) in [5, 5.41) is 2.77. The van der Waals surface area contributed by atoms with Gasteiger partial charge in [-0.1, -0.05) is 18.2 Å². The van der Waals surface area contributed by atoms with Crippen molar-refractivity contribution < 1.29 is 18.7 Å². The van der Waals surface area contributed by atoms with Crippen molar-refractivity contribution in [2.24, 2.45) is 0 Å². The van der Waals surface area contributed by atoms with Gasteiger partial charge in [-0.05, 0) is 42.3 Å². The average molecular weight is 346 g/mol. The molecular weight excluding hydrogens is 323 g/mol. The first-order valence-corrected chi connectivity index (χ1v) is 8.06. The molecule has 0 aromatic heterocycles. The monoisotopic (exact) mass is 346 g/mol. The second kappa shape index (κ2) is 8.92. The summed E-state index contributed by atoms with van der Waals surface area (Å²) >= 11 is 0. The fourth-order valence-corrected chi connectivity index (χ4v) is 2.36. The Balaban J connectivity index is 1.89. The van der Waals surface area contributed by atoms with Crippen LogP contribution in [0.3, 0.4) is 0 Å². The highest BCUT2D eigenvalue weighted by Gasteiger charge is 2.10. The molecule has 2 aromatic carbocycles. The molecule has 0 aliphatic carbocycles. The molecule has 0 saturated carbocycles. The molecule has 0 aliphatic rings. The summed E-state index contributed by atoms with van der Waals surface area (Å²) < 4.78 is 24.2. The second-order valence-corrected chi connectivity index (χ2v) is 5.56. The number of hydrogen-bond acceptors (Lipinski definition) is 3. The van der Waals surface area contributed by atoms with Crippen molar-refractivity contribution in [3.63, 3.8) is 0 Å². The molecule has 0 fully saturated rings. The van der Waals surface area contributed by atoms with Gasteiger partial charge < -0.3 is 19.7 Å². The normalized spacial score (nSPS) is 10.2. The fourth-order valence-electron chi connectivity index (χ4n) is 2.36. The van der Waals surface area contributed by atoms with Gasteiger partial charge in [0, 0.05) is 20.1 Å². The van der Waals surface area contributed by atoms with Gasteiger partial charge in [-0.3, -0.25) is 0 Å². The van der Waals surface area contributed by atoms with E-state index < -0.39 is 5.82 Å². The minimum Gasteiger partial charge on any atom is -0.497 e. The molecule has 0 bridgehead atoms. The molecule has 0 unspecified atom stereocenters. The number of methoxy groups -OCH3 is 1. The van der Waals surface area contributed by atoms with Crippen molar-refractivity contribution in [3.05, 3.63) is 59.4 Å². The molecule has 1 N–H and O–H groups in total. The molecule has 0 heterocycles. The van der Waals surface area contributed by atoms with E-state index in [2.05, 4.69) is 5.32 Å². The van der Waals surface area contributed by atoms with Crippen molar-refractivity contribution in [2.45, 2.75) is 20.0 Å². The van der Waals surface area contributed by atoms with Crippen molar-refractivity contribution in [1.82, 2.24) is 10.2 Å². The summed E-state index contributed by atoms with van der Waals surface area (Å²) in [6.07, 6.45) is 0. The third kappa shape index (κ3) is 5.38. The molecule has 0 spiro atoms. The van der Waals surface area contributed by atoms with Gasteiger partial charge in [0.1, 0.15) is 5.75 Å². The zero-order valence-electron chi connectivity index (χ0n) is 14.7. The number of halogens is 1. The van der Waals surface area contributed by atoms with Crippen LogP contribution in [0.15, 0.2) is 42.5 Å². The Hall–Kier alpha value is -2.76. The van der Waals surface area contributed by atoms with E-state index >= 15 is 0 Å². The van der Waals surface area contributed by atoms with E-state index in [0.29, 0.717) is 18.7 Å². The fraction of sp³-hybridized carbons (Fsp3) is 0.316. The molecule has 0 atom stereocenters. The van der Waals surface area contributed by atoms with Crippen LogP contribution >= 0.6 is 0 Å². The van der Waals surface area contributed by atoms with Crippen molar-refractivity contribution in [2.75, 3.05) is 20.8 Å². The van der Waals surface area contributed by atoms with Gasteiger partial charge in [0.05, 0.1) is 13.7 Å². The number of carbonyl (C=O) groups is 1.